The number of thiophene rings is 1. The molecule has 5 rings (SSSR count). The van der Waals surface area contributed by atoms with Gasteiger partial charge in [-0.2, -0.15) is 0 Å². The SMILES string of the molecule is C=Cc1ccc(-c2ccc(OC(=O)C=P(c3ccccc3)(c3ccccc3)c3ccccc3)s2)cc1. The molecule has 2 nitrogen and oxygen atoms in total. The summed E-state index contributed by atoms with van der Waals surface area (Å²) in [5.74, 6) is 1.46. The fourth-order valence-electron chi connectivity index (χ4n) is 4.26. The second-order valence-electron chi connectivity index (χ2n) is 8.22. The van der Waals surface area contributed by atoms with E-state index in [2.05, 4.69) is 55.1 Å². The van der Waals surface area contributed by atoms with Crippen LogP contribution in [0.2, 0.25) is 0 Å². The second-order valence-corrected chi connectivity index (χ2v) is 12.5. The van der Waals surface area contributed by atoms with Gasteiger partial charge in [0.15, 0.2) is 5.06 Å². The summed E-state index contributed by atoms with van der Waals surface area (Å²) in [7, 11) is 0. The van der Waals surface area contributed by atoms with Gasteiger partial charge in [0.25, 0.3) is 0 Å². The molecule has 36 heavy (non-hydrogen) atoms. The third kappa shape index (κ3) is 4.90. The molecule has 5 aromatic rings. The minimum atomic E-state index is -2.41. The first-order valence-electron chi connectivity index (χ1n) is 11.6. The first-order chi connectivity index (χ1) is 17.7. The van der Waals surface area contributed by atoms with E-state index in [1.165, 1.54) is 11.3 Å². The molecular formula is C32H25O2PS. The van der Waals surface area contributed by atoms with Gasteiger partial charge >= 0.3 is 5.97 Å². The van der Waals surface area contributed by atoms with E-state index < -0.39 is 6.89 Å². The number of ether oxygens (including phenoxy) is 1. The highest BCUT2D eigenvalue weighted by atomic mass is 32.1. The molecule has 4 heteroatoms. The Hall–Kier alpha value is -3.91. The van der Waals surface area contributed by atoms with Crippen molar-refractivity contribution in [3.63, 3.8) is 0 Å². The monoisotopic (exact) mass is 504 g/mol. The Morgan fingerprint density at radius 3 is 1.64 bits per heavy atom. The average Bonchev–Trinajstić information content (AvgIpc) is 3.41. The standard InChI is InChI=1S/C32H25O2PS/c1-2-25-18-20-26(21-19-25)30-22-23-32(36-30)34-31(33)24-35(27-12-6-3-7-13-27,28-14-8-4-9-15-28)29-16-10-5-11-17-29/h2-24H,1H2. The van der Waals surface area contributed by atoms with Crippen LogP contribution in [-0.2, 0) is 4.79 Å². The summed E-state index contributed by atoms with van der Waals surface area (Å²) >= 11 is 1.46. The van der Waals surface area contributed by atoms with Gasteiger partial charge in [-0.15, -0.1) is 0 Å². The molecule has 0 spiro atoms. The van der Waals surface area contributed by atoms with Gasteiger partial charge in [-0.05, 0) is 46.1 Å². The van der Waals surface area contributed by atoms with E-state index in [1.54, 1.807) is 0 Å². The Labute approximate surface area is 216 Å². The summed E-state index contributed by atoms with van der Waals surface area (Å²) < 4.78 is 5.92. The molecule has 4 aromatic carbocycles. The van der Waals surface area contributed by atoms with E-state index in [1.807, 2.05) is 90.7 Å². The maximum absolute atomic E-state index is 13.5. The summed E-state index contributed by atoms with van der Waals surface area (Å²) in [6, 6.07) is 42.8. The van der Waals surface area contributed by atoms with Crippen LogP contribution in [0.1, 0.15) is 5.56 Å². The van der Waals surface area contributed by atoms with Crippen molar-refractivity contribution in [2.24, 2.45) is 0 Å². The van der Waals surface area contributed by atoms with Crippen LogP contribution in [0, 0.1) is 0 Å². The molecule has 0 aliphatic carbocycles. The maximum Gasteiger partial charge on any atom is 0.338 e. The highest BCUT2D eigenvalue weighted by Gasteiger charge is 2.27. The minimum absolute atomic E-state index is 0.352. The Kier molecular flexibility index (Phi) is 7.13. The first-order valence-corrected chi connectivity index (χ1v) is 14.3. The second kappa shape index (κ2) is 10.8. The van der Waals surface area contributed by atoms with Crippen molar-refractivity contribution < 1.29 is 9.53 Å². The third-order valence-corrected chi connectivity index (χ3v) is 11.0. The van der Waals surface area contributed by atoms with Gasteiger partial charge in [0.2, 0.25) is 0 Å². The molecule has 0 aliphatic heterocycles. The lowest BCUT2D eigenvalue weighted by Crippen LogP contribution is -2.29. The predicted molar refractivity (Wildman–Crippen MR) is 157 cm³/mol. The van der Waals surface area contributed by atoms with Crippen LogP contribution in [0.15, 0.2) is 134 Å². The van der Waals surface area contributed by atoms with Crippen LogP contribution in [0.3, 0.4) is 0 Å². The van der Waals surface area contributed by atoms with Crippen molar-refractivity contribution in [3.05, 3.63) is 140 Å². The van der Waals surface area contributed by atoms with Crippen LogP contribution < -0.4 is 20.7 Å². The van der Waals surface area contributed by atoms with Gasteiger partial charge in [-0.3, -0.25) is 0 Å². The first kappa shape index (κ1) is 23.8. The Morgan fingerprint density at radius 1 is 0.667 bits per heavy atom. The van der Waals surface area contributed by atoms with Crippen molar-refractivity contribution in [3.8, 4) is 15.5 Å². The van der Waals surface area contributed by atoms with Crippen LogP contribution >= 0.6 is 18.2 Å². The smallest absolute Gasteiger partial charge is 0.338 e. The fraction of sp³-hybridized carbons (Fsp3) is 0. The highest BCUT2D eigenvalue weighted by Crippen LogP contribution is 2.44. The molecule has 1 aromatic heterocycles. The van der Waals surface area contributed by atoms with Crippen molar-refractivity contribution in [2.75, 3.05) is 0 Å². The molecule has 0 fully saturated rings. The lowest BCUT2D eigenvalue weighted by Gasteiger charge is -2.28. The number of hydrogen-bond donors (Lipinski definition) is 0. The van der Waals surface area contributed by atoms with Gasteiger partial charge in [0, 0.05) is 10.7 Å². The van der Waals surface area contributed by atoms with Crippen molar-refractivity contribution in [1.29, 1.82) is 0 Å². The van der Waals surface area contributed by atoms with Gasteiger partial charge in [0.05, 0.1) is 0 Å². The molecule has 176 valence electrons. The quantitative estimate of drug-likeness (QED) is 0.181. The Balaban J connectivity index is 1.57. The fourth-order valence-corrected chi connectivity index (χ4v) is 8.76. The van der Waals surface area contributed by atoms with E-state index in [-0.39, 0.29) is 5.97 Å². The molecule has 1 heterocycles. The number of rotatable bonds is 7. The lowest BCUT2D eigenvalue weighted by molar-refractivity contribution is -0.126. The zero-order valence-corrected chi connectivity index (χ0v) is 21.4. The Bertz CT molecular complexity index is 1420. The van der Waals surface area contributed by atoms with E-state index >= 15 is 0 Å². The molecule has 0 bridgehead atoms. The number of benzene rings is 4. The van der Waals surface area contributed by atoms with E-state index in [0.29, 0.717) is 5.06 Å². The molecule has 0 saturated heterocycles. The normalized spacial score (nSPS) is 11.0. The molecule has 0 atom stereocenters. The van der Waals surface area contributed by atoms with E-state index in [4.69, 9.17) is 4.74 Å². The summed E-state index contributed by atoms with van der Waals surface area (Å²) in [5.41, 5.74) is 2.15. The molecule has 0 amide bonds. The zero-order chi connectivity index (χ0) is 24.8. The lowest BCUT2D eigenvalue weighted by atomic mass is 10.1. The van der Waals surface area contributed by atoms with Gasteiger partial charge in [-0.25, -0.2) is 4.79 Å². The summed E-state index contributed by atoms with van der Waals surface area (Å²) in [5, 5.41) is 3.89. The molecule has 0 saturated carbocycles. The largest absolute Gasteiger partial charge is 0.412 e. The molecule has 0 unspecified atom stereocenters. The number of carbonyl (C=O) groups excluding carboxylic acids is 1. The van der Waals surface area contributed by atoms with Crippen LogP contribution in [0.4, 0.5) is 0 Å². The van der Waals surface area contributed by atoms with Crippen molar-refractivity contribution in [1.82, 2.24) is 0 Å². The summed E-state index contributed by atoms with van der Waals surface area (Å²) in [4.78, 5) is 14.6. The van der Waals surface area contributed by atoms with Crippen molar-refractivity contribution in [2.45, 2.75) is 0 Å². The van der Waals surface area contributed by atoms with E-state index in [0.717, 1.165) is 31.9 Å². The predicted octanol–water partition coefficient (Wildman–Crippen LogP) is 6.76. The highest BCUT2D eigenvalue weighted by molar-refractivity contribution is 7.95. The molecule has 0 aliphatic rings. The van der Waals surface area contributed by atoms with Crippen LogP contribution in [0.25, 0.3) is 16.5 Å². The summed E-state index contributed by atoms with van der Waals surface area (Å²) in [6.45, 7) is 1.40. The average molecular weight is 505 g/mol. The third-order valence-electron chi connectivity index (χ3n) is 6.00. The molecule has 0 N–H and O–H groups in total. The maximum atomic E-state index is 13.5. The summed E-state index contributed by atoms with van der Waals surface area (Å²) in [6.07, 6.45) is 1.82. The van der Waals surface area contributed by atoms with Crippen molar-refractivity contribution >= 4 is 52.0 Å². The van der Waals surface area contributed by atoms with E-state index in [9.17, 15) is 4.79 Å². The van der Waals surface area contributed by atoms with Gasteiger partial charge in [0.1, 0.15) is 0 Å². The minimum Gasteiger partial charge on any atom is -0.412 e. The van der Waals surface area contributed by atoms with Crippen LogP contribution in [0.5, 0.6) is 5.06 Å². The Morgan fingerprint density at radius 2 is 1.17 bits per heavy atom. The topological polar surface area (TPSA) is 26.3 Å². The number of hydrogen-bond acceptors (Lipinski definition) is 3. The van der Waals surface area contributed by atoms with Crippen LogP contribution in [-0.4, -0.2) is 11.8 Å². The van der Waals surface area contributed by atoms with Gasteiger partial charge < -0.3 is 4.74 Å². The number of carbonyl (C=O) groups is 1. The zero-order valence-electron chi connectivity index (χ0n) is 19.7. The molecule has 0 radical (unpaired) electrons. The molecular weight excluding hydrogens is 479 g/mol. The number of esters is 1. The van der Waals surface area contributed by atoms with Gasteiger partial charge in [-0.1, -0.05) is 139 Å².